The quantitative estimate of drug-likeness (QED) is 0.776. The number of aromatic nitrogens is 3. The average molecular weight is 282 g/mol. The fourth-order valence-corrected chi connectivity index (χ4v) is 2.64. The van der Waals surface area contributed by atoms with Gasteiger partial charge >= 0.3 is 0 Å². The Morgan fingerprint density at radius 1 is 1.50 bits per heavy atom. The van der Waals surface area contributed by atoms with E-state index in [9.17, 15) is 5.11 Å². The van der Waals surface area contributed by atoms with Gasteiger partial charge in [-0.25, -0.2) is 4.98 Å². The molecule has 20 heavy (non-hydrogen) atoms. The molecule has 0 spiro atoms. The van der Waals surface area contributed by atoms with E-state index in [2.05, 4.69) is 22.3 Å². The number of rotatable bonds is 7. The van der Waals surface area contributed by atoms with E-state index in [1.807, 2.05) is 7.05 Å². The lowest BCUT2D eigenvalue weighted by atomic mass is 9.88. The number of hydrogen-bond acceptors (Lipinski definition) is 5. The van der Waals surface area contributed by atoms with E-state index in [0.717, 1.165) is 12.2 Å². The Morgan fingerprint density at radius 2 is 2.30 bits per heavy atom. The van der Waals surface area contributed by atoms with Crippen molar-refractivity contribution >= 4 is 0 Å². The normalized spacial score (nSPS) is 24.8. The molecule has 0 saturated heterocycles. The molecule has 0 radical (unpaired) electrons. The molecule has 1 aliphatic rings. The van der Waals surface area contributed by atoms with Crippen molar-refractivity contribution in [3.63, 3.8) is 0 Å². The van der Waals surface area contributed by atoms with Crippen LogP contribution in [0.1, 0.15) is 38.4 Å². The van der Waals surface area contributed by atoms with E-state index in [-0.39, 0.29) is 0 Å². The van der Waals surface area contributed by atoms with Crippen LogP contribution < -0.4 is 5.32 Å². The molecule has 3 unspecified atom stereocenters. The zero-order chi connectivity index (χ0) is 14.4. The molecule has 1 saturated carbocycles. The second-order valence-electron chi connectivity index (χ2n) is 5.75. The first kappa shape index (κ1) is 15.4. The molecule has 114 valence electrons. The summed E-state index contributed by atoms with van der Waals surface area (Å²) in [7, 11) is 1.84. The molecule has 1 aliphatic carbocycles. The number of aliphatic hydroxyl groups excluding tert-OH is 1. The molecule has 0 bridgehead atoms. The molecule has 6 heteroatoms. The van der Waals surface area contributed by atoms with Crippen LogP contribution in [0.25, 0.3) is 0 Å². The third-order valence-corrected chi connectivity index (χ3v) is 3.85. The van der Waals surface area contributed by atoms with Crippen molar-refractivity contribution < 1.29 is 9.84 Å². The van der Waals surface area contributed by atoms with Gasteiger partial charge in [0.1, 0.15) is 6.33 Å². The number of aryl methyl sites for hydroxylation is 1. The van der Waals surface area contributed by atoms with Crippen LogP contribution in [-0.2, 0) is 18.3 Å². The molecule has 0 aliphatic heterocycles. The number of nitrogens with one attached hydrogen (secondary N) is 1. The van der Waals surface area contributed by atoms with Crippen molar-refractivity contribution in [1.82, 2.24) is 20.1 Å². The molecule has 0 amide bonds. The minimum absolute atomic E-state index is 0.316. The van der Waals surface area contributed by atoms with Crippen molar-refractivity contribution in [2.45, 2.75) is 51.4 Å². The first-order valence-corrected chi connectivity index (χ1v) is 7.50. The summed E-state index contributed by atoms with van der Waals surface area (Å²) in [5, 5.41) is 17.2. The van der Waals surface area contributed by atoms with Gasteiger partial charge in [-0.1, -0.05) is 19.8 Å². The Kier molecular flexibility index (Phi) is 5.94. The van der Waals surface area contributed by atoms with E-state index in [0.29, 0.717) is 31.7 Å². The minimum Gasteiger partial charge on any atom is -0.389 e. The smallest absolute Gasteiger partial charge is 0.164 e. The summed E-state index contributed by atoms with van der Waals surface area (Å²) in [6.07, 6.45) is 6.42. The Hall–Kier alpha value is -0.980. The summed E-state index contributed by atoms with van der Waals surface area (Å²) in [6, 6.07) is 0. The van der Waals surface area contributed by atoms with Gasteiger partial charge in [-0.3, -0.25) is 4.68 Å². The first-order valence-electron chi connectivity index (χ1n) is 7.50. The average Bonchev–Trinajstić information content (AvgIpc) is 2.83. The summed E-state index contributed by atoms with van der Waals surface area (Å²) in [5.74, 6) is 1.35. The molecule has 1 aromatic rings. The van der Waals surface area contributed by atoms with Crippen LogP contribution in [-0.4, -0.2) is 45.2 Å². The summed E-state index contributed by atoms with van der Waals surface area (Å²) >= 11 is 0. The first-order chi connectivity index (χ1) is 9.65. The number of hydrogen-bond donors (Lipinski definition) is 2. The van der Waals surface area contributed by atoms with E-state index in [1.165, 1.54) is 19.3 Å². The molecule has 1 aromatic heterocycles. The SMILES string of the molecule is CC1CCCCC1OCC(O)CNCc1ncn(C)n1. The van der Waals surface area contributed by atoms with Crippen LogP contribution in [0, 0.1) is 5.92 Å². The van der Waals surface area contributed by atoms with E-state index < -0.39 is 6.10 Å². The van der Waals surface area contributed by atoms with Crippen molar-refractivity contribution in [2.24, 2.45) is 13.0 Å². The maximum Gasteiger partial charge on any atom is 0.164 e. The fourth-order valence-electron chi connectivity index (χ4n) is 2.64. The number of ether oxygens (including phenoxy) is 1. The van der Waals surface area contributed by atoms with Crippen LogP contribution in [0.15, 0.2) is 6.33 Å². The van der Waals surface area contributed by atoms with Crippen LogP contribution >= 0.6 is 0 Å². The van der Waals surface area contributed by atoms with Gasteiger partial charge in [0.15, 0.2) is 5.82 Å². The third-order valence-electron chi connectivity index (χ3n) is 3.85. The minimum atomic E-state index is -0.479. The lowest BCUT2D eigenvalue weighted by molar-refractivity contribution is -0.0452. The van der Waals surface area contributed by atoms with Crippen molar-refractivity contribution in [1.29, 1.82) is 0 Å². The van der Waals surface area contributed by atoms with Crippen LogP contribution in [0.4, 0.5) is 0 Å². The van der Waals surface area contributed by atoms with Crippen LogP contribution in [0.3, 0.4) is 0 Å². The number of aliphatic hydroxyl groups is 1. The van der Waals surface area contributed by atoms with E-state index in [4.69, 9.17) is 4.74 Å². The molecular weight excluding hydrogens is 256 g/mol. The van der Waals surface area contributed by atoms with Gasteiger partial charge in [-0.15, -0.1) is 0 Å². The Bertz CT molecular complexity index is 396. The van der Waals surface area contributed by atoms with Gasteiger partial charge in [0, 0.05) is 13.6 Å². The van der Waals surface area contributed by atoms with E-state index >= 15 is 0 Å². The van der Waals surface area contributed by atoms with Gasteiger partial charge in [0.2, 0.25) is 0 Å². The summed E-state index contributed by atoms with van der Waals surface area (Å²) < 4.78 is 7.51. The van der Waals surface area contributed by atoms with Crippen molar-refractivity contribution in [2.75, 3.05) is 13.2 Å². The highest BCUT2D eigenvalue weighted by atomic mass is 16.5. The molecule has 0 aromatic carbocycles. The zero-order valence-electron chi connectivity index (χ0n) is 12.5. The molecule has 1 heterocycles. The monoisotopic (exact) mass is 282 g/mol. The largest absolute Gasteiger partial charge is 0.389 e. The second kappa shape index (κ2) is 7.71. The second-order valence-corrected chi connectivity index (χ2v) is 5.75. The van der Waals surface area contributed by atoms with E-state index in [1.54, 1.807) is 11.0 Å². The molecule has 2 rings (SSSR count). The van der Waals surface area contributed by atoms with Gasteiger partial charge in [-0.2, -0.15) is 5.10 Å². The van der Waals surface area contributed by atoms with Crippen molar-refractivity contribution in [3.05, 3.63) is 12.2 Å². The van der Waals surface area contributed by atoms with Crippen LogP contribution in [0.2, 0.25) is 0 Å². The molecular formula is C14H26N4O2. The topological polar surface area (TPSA) is 72.2 Å². The predicted octanol–water partition coefficient (Wildman–Crippen LogP) is 0.861. The molecule has 3 atom stereocenters. The predicted molar refractivity (Wildman–Crippen MR) is 76.1 cm³/mol. The highest BCUT2D eigenvalue weighted by molar-refractivity contribution is 4.80. The molecule has 6 nitrogen and oxygen atoms in total. The summed E-state index contributed by atoms with van der Waals surface area (Å²) in [6.45, 7) is 3.70. The van der Waals surface area contributed by atoms with Gasteiger partial charge in [0.05, 0.1) is 25.4 Å². The van der Waals surface area contributed by atoms with Crippen LogP contribution in [0.5, 0.6) is 0 Å². The maximum atomic E-state index is 9.92. The van der Waals surface area contributed by atoms with Crippen molar-refractivity contribution in [3.8, 4) is 0 Å². The zero-order valence-corrected chi connectivity index (χ0v) is 12.5. The Morgan fingerprint density at radius 3 is 3.00 bits per heavy atom. The van der Waals surface area contributed by atoms with Gasteiger partial charge in [0.25, 0.3) is 0 Å². The molecule has 1 fully saturated rings. The van der Waals surface area contributed by atoms with Gasteiger partial charge < -0.3 is 15.2 Å². The van der Waals surface area contributed by atoms with Gasteiger partial charge in [-0.05, 0) is 18.8 Å². The molecule has 2 N–H and O–H groups in total. The maximum absolute atomic E-state index is 9.92. The Balaban J connectivity index is 1.59. The lowest BCUT2D eigenvalue weighted by Crippen LogP contribution is -2.34. The third kappa shape index (κ3) is 4.85. The number of nitrogens with zero attached hydrogens (tertiary/aromatic N) is 3. The highest BCUT2D eigenvalue weighted by Crippen LogP contribution is 2.26. The summed E-state index contributed by atoms with van der Waals surface area (Å²) in [5.41, 5.74) is 0. The Labute approximate surface area is 120 Å². The lowest BCUT2D eigenvalue weighted by Gasteiger charge is -2.29. The standard InChI is InChI=1S/C14H26N4O2/c1-11-5-3-4-6-13(11)20-9-12(19)7-15-8-14-16-10-18(2)17-14/h10-13,15,19H,3-9H2,1-2H3. The fraction of sp³-hybridized carbons (Fsp3) is 0.857. The summed E-state index contributed by atoms with van der Waals surface area (Å²) in [4.78, 5) is 4.12. The highest BCUT2D eigenvalue weighted by Gasteiger charge is 2.22.